The highest BCUT2D eigenvalue weighted by Gasteiger charge is 2.30. The Morgan fingerprint density at radius 1 is 1.14 bits per heavy atom. The molecule has 4 aromatic rings. The molecule has 3 N–H and O–H groups in total. The van der Waals surface area contributed by atoms with Gasteiger partial charge in [-0.3, -0.25) is 10.1 Å². The third-order valence-corrected chi connectivity index (χ3v) is 6.61. The fourth-order valence-corrected chi connectivity index (χ4v) is 4.51. The van der Waals surface area contributed by atoms with Crippen molar-refractivity contribution in [3.8, 4) is 11.1 Å². The number of H-pyrrole nitrogens is 1. The van der Waals surface area contributed by atoms with Crippen LogP contribution in [0.1, 0.15) is 23.7 Å². The number of nitrogens with zero attached hydrogens (tertiary/aromatic N) is 7. The highest BCUT2D eigenvalue weighted by Crippen LogP contribution is 2.30. The Morgan fingerprint density at radius 2 is 1.86 bits per heavy atom. The van der Waals surface area contributed by atoms with Crippen molar-refractivity contribution in [2.24, 2.45) is 12.0 Å². The summed E-state index contributed by atoms with van der Waals surface area (Å²) in [6.07, 6.45) is 9.80. The van der Waals surface area contributed by atoms with Crippen LogP contribution in [0.4, 0.5) is 10.3 Å². The van der Waals surface area contributed by atoms with Crippen molar-refractivity contribution < 1.29 is 9.50 Å². The molecule has 0 amide bonds. The lowest BCUT2D eigenvalue weighted by atomic mass is 9.90. The molecule has 1 aliphatic heterocycles. The lowest BCUT2D eigenvalue weighted by Gasteiger charge is -2.36. The van der Waals surface area contributed by atoms with E-state index in [0.717, 1.165) is 23.2 Å². The normalized spacial score (nSPS) is 16.1. The molecule has 0 bridgehead atoms. The van der Waals surface area contributed by atoms with Crippen LogP contribution >= 0.6 is 0 Å². The van der Waals surface area contributed by atoms with Gasteiger partial charge in [0.25, 0.3) is 0 Å². The Morgan fingerprint density at radius 3 is 2.51 bits per heavy atom. The number of nitrogens with one attached hydrogen (secondary N) is 2. The lowest BCUT2D eigenvalue weighted by Crippen LogP contribution is -2.49. The molecule has 37 heavy (non-hydrogen) atoms. The van der Waals surface area contributed by atoms with Crippen molar-refractivity contribution in [1.29, 1.82) is 5.41 Å². The minimum absolute atomic E-state index is 0.175. The summed E-state index contributed by atoms with van der Waals surface area (Å²) in [5.41, 5.74) is 1.86. The predicted molar refractivity (Wildman–Crippen MR) is 139 cm³/mol. The number of hydrogen-bond donors (Lipinski definition) is 3. The summed E-state index contributed by atoms with van der Waals surface area (Å²) in [6, 6.07) is 8.16. The molecular formula is C26H28FN9O. The Kier molecular flexibility index (Phi) is 6.53. The molecule has 0 spiro atoms. The highest BCUT2D eigenvalue weighted by atomic mass is 19.1. The van der Waals surface area contributed by atoms with Crippen LogP contribution in [-0.2, 0) is 12.6 Å². The number of rotatable bonds is 6. The zero-order valence-corrected chi connectivity index (χ0v) is 20.6. The number of aromatic amines is 1. The van der Waals surface area contributed by atoms with E-state index < -0.39 is 11.4 Å². The number of amidine groups is 1. The largest absolute Gasteiger partial charge is 0.380 e. The summed E-state index contributed by atoms with van der Waals surface area (Å²) in [6.45, 7) is 4.15. The first-order valence-corrected chi connectivity index (χ1v) is 11.9. The molecule has 1 aromatic carbocycles. The molecule has 1 saturated heterocycles. The molecule has 0 aliphatic carbocycles. The number of aryl methyl sites for hydroxylation is 1. The zero-order valence-electron chi connectivity index (χ0n) is 20.6. The molecule has 10 nitrogen and oxygen atoms in total. The maximum Gasteiger partial charge on any atom is 0.225 e. The first-order chi connectivity index (χ1) is 17.9. The van der Waals surface area contributed by atoms with Gasteiger partial charge in [0.1, 0.15) is 17.8 Å². The first kappa shape index (κ1) is 24.3. The SMILES string of the molecule is Cn1cc(-c2c[nH]c(C(=NC=N)N3CCN(c4ncc([C@](C)(O)c5ccccc5F)cn4)CC3)c2)cn1. The first-order valence-electron chi connectivity index (χ1n) is 11.9. The topological polar surface area (TPSA) is 122 Å². The lowest BCUT2D eigenvalue weighted by molar-refractivity contribution is 0.0972. The van der Waals surface area contributed by atoms with E-state index in [4.69, 9.17) is 5.41 Å². The van der Waals surface area contributed by atoms with E-state index in [1.807, 2.05) is 25.5 Å². The third-order valence-electron chi connectivity index (χ3n) is 6.61. The highest BCUT2D eigenvalue weighted by molar-refractivity contribution is 6.01. The summed E-state index contributed by atoms with van der Waals surface area (Å²) in [5, 5.41) is 22.8. The molecule has 1 aliphatic rings. The molecule has 0 unspecified atom stereocenters. The van der Waals surface area contributed by atoms with Gasteiger partial charge in [0.05, 0.1) is 11.9 Å². The smallest absolute Gasteiger partial charge is 0.225 e. The van der Waals surface area contributed by atoms with Crippen LogP contribution in [0.25, 0.3) is 11.1 Å². The van der Waals surface area contributed by atoms with Crippen LogP contribution in [0.15, 0.2) is 66.3 Å². The summed E-state index contributed by atoms with van der Waals surface area (Å²) in [7, 11) is 1.88. The number of hydrogen-bond acceptors (Lipinski definition) is 6. The second kappa shape index (κ2) is 9.94. The Hall–Kier alpha value is -4.38. The third kappa shape index (κ3) is 4.85. The minimum Gasteiger partial charge on any atom is -0.380 e. The van der Waals surface area contributed by atoms with Crippen LogP contribution in [0.2, 0.25) is 0 Å². The Labute approximate surface area is 213 Å². The van der Waals surface area contributed by atoms with Gasteiger partial charge in [0.15, 0.2) is 5.84 Å². The van der Waals surface area contributed by atoms with E-state index in [-0.39, 0.29) is 5.56 Å². The number of aliphatic hydroxyl groups is 1. The van der Waals surface area contributed by atoms with Gasteiger partial charge < -0.3 is 19.9 Å². The van der Waals surface area contributed by atoms with Gasteiger partial charge in [0, 0.05) is 80.3 Å². The quantitative estimate of drug-likeness (QED) is 0.276. The second-order valence-corrected chi connectivity index (χ2v) is 9.08. The summed E-state index contributed by atoms with van der Waals surface area (Å²) >= 11 is 0. The van der Waals surface area contributed by atoms with Crippen molar-refractivity contribution in [3.63, 3.8) is 0 Å². The van der Waals surface area contributed by atoms with Crippen LogP contribution in [0.3, 0.4) is 0 Å². The number of piperazine rings is 1. The van der Waals surface area contributed by atoms with E-state index in [2.05, 4.69) is 34.8 Å². The second-order valence-electron chi connectivity index (χ2n) is 9.08. The molecule has 1 atom stereocenters. The van der Waals surface area contributed by atoms with Crippen molar-refractivity contribution in [1.82, 2.24) is 29.6 Å². The average molecular weight is 502 g/mol. The molecule has 0 radical (unpaired) electrons. The maximum atomic E-state index is 14.3. The van der Waals surface area contributed by atoms with E-state index >= 15 is 0 Å². The van der Waals surface area contributed by atoms with Gasteiger partial charge >= 0.3 is 0 Å². The van der Waals surface area contributed by atoms with Crippen molar-refractivity contribution in [3.05, 3.63) is 84.0 Å². The Balaban J connectivity index is 1.27. The van der Waals surface area contributed by atoms with Gasteiger partial charge in [-0.05, 0) is 19.1 Å². The van der Waals surface area contributed by atoms with E-state index in [1.165, 1.54) is 13.0 Å². The predicted octanol–water partition coefficient (Wildman–Crippen LogP) is 2.78. The van der Waals surface area contributed by atoms with Crippen LogP contribution in [-0.4, -0.2) is 73.1 Å². The molecule has 0 saturated carbocycles. The standard InChI is InChI=1S/C26H28FN9O/c1-26(37,21-5-3-4-6-22(21)27)20-14-30-25(31-15-20)36-9-7-35(8-10-36)24(32-17-28)23-11-18(12-29-23)19-13-33-34(2)16-19/h3-6,11-17,28-29,37H,7-10H2,1-2H3/t26-/m0/s1. The molecule has 1 fully saturated rings. The number of aliphatic imine (C=N–C) groups is 1. The average Bonchev–Trinajstić information content (AvgIpc) is 3.57. The van der Waals surface area contributed by atoms with E-state index in [0.29, 0.717) is 43.5 Å². The summed E-state index contributed by atoms with van der Waals surface area (Å²) in [5.74, 6) is 0.753. The summed E-state index contributed by atoms with van der Waals surface area (Å²) < 4.78 is 16.0. The molecule has 190 valence electrons. The van der Waals surface area contributed by atoms with Gasteiger partial charge in [-0.25, -0.2) is 19.4 Å². The molecular weight excluding hydrogens is 473 g/mol. The van der Waals surface area contributed by atoms with Gasteiger partial charge in [-0.15, -0.1) is 0 Å². The van der Waals surface area contributed by atoms with Gasteiger partial charge in [0.2, 0.25) is 5.95 Å². The zero-order chi connectivity index (χ0) is 26.0. The van der Waals surface area contributed by atoms with Crippen molar-refractivity contribution in [2.45, 2.75) is 12.5 Å². The number of benzene rings is 1. The van der Waals surface area contributed by atoms with Crippen molar-refractivity contribution >= 4 is 18.1 Å². The van der Waals surface area contributed by atoms with Crippen molar-refractivity contribution in [2.75, 3.05) is 31.1 Å². The fourth-order valence-electron chi connectivity index (χ4n) is 4.51. The minimum atomic E-state index is -1.55. The van der Waals surface area contributed by atoms with Gasteiger partial charge in [-0.2, -0.15) is 5.10 Å². The van der Waals surface area contributed by atoms with Crippen LogP contribution in [0.5, 0.6) is 0 Å². The molecule has 11 heteroatoms. The fraction of sp³-hybridized carbons (Fsp3) is 0.269. The molecule has 5 rings (SSSR count). The summed E-state index contributed by atoms with van der Waals surface area (Å²) in [4.78, 5) is 20.7. The van der Waals surface area contributed by atoms with Crippen LogP contribution < -0.4 is 4.90 Å². The van der Waals surface area contributed by atoms with E-state index in [1.54, 1.807) is 41.5 Å². The van der Waals surface area contributed by atoms with Crippen LogP contribution in [0, 0.1) is 11.2 Å². The van der Waals surface area contributed by atoms with Gasteiger partial charge in [-0.1, -0.05) is 18.2 Å². The number of halogens is 1. The number of anilines is 1. The number of aromatic nitrogens is 5. The molecule has 4 heterocycles. The maximum absolute atomic E-state index is 14.3. The molecule has 3 aromatic heterocycles. The van der Waals surface area contributed by atoms with E-state index in [9.17, 15) is 9.50 Å². The Bertz CT molecular complexity index is 1420. The monoisotopic (exact) mass is 501 g/mol.